The van der Waals surface area contributed by atoms with Gasteiger partial charge in [0.1, 0.15) is 0 Å². The molecule has 5 rings (SSSR count). The van der Waals surface area contributed by atoms with Crippen LogP contribution in [0.15, 0.2) is 54.6 Å². The van der Waals surface area contributed by atoms with Crippen molar-refractivity contribution in [3.05, 3.63) is 60.2 Å². The first-order chi connectivity index (χ1) is 13.2. The number of benzene rings is 3. The second-order valence-corrected chi connectivity index (χ2v) is 6.40. The van der Waals surface area contributed by atoms with E-state index in [9.17, 15) is 10.1 Å². The number of aromatic nitrogens is 2. The van der Waals surface area contributed by atoms with Gasteiger partial charge in [-0.3, -0.25) is 0 Å². The number of carbonyl (C=O) groups is 1. The highest BCUT2D eigenvalue weighted by atomic mass is 16.5. The first-order valence-corrected chi connectivity index (χ1v) is 8.78. The lowest BCUT2D eigenvalue weighted by Gasteiger charge is -2.07. The van der Waals surface area contributed by atoms with E-state index in [0.717, 1.165) is 43.6 Å². The van der Waals surface area contributed by atoms with Crippen LogP contribution >= 0.6 is 0 Å². The Bertz CT molecular complexity index is 1420. The van der Waals surface area contributed by atoms with E-state index < -0.39 is 6.09 Å². The highest BCUT2D eigenvalue weighted by molar-refractivity contribution is 6.25. The number of ether oxygens (including phenoxy) is 1. The molecule has 5 nitrogen and oxygen atoms in total. The lowest BCUT2D eigenvalue weighted by atomic mass is 10.0. The van der Waals surface area contributed by atoms with Crippen molar-refractivity contribution >= 4 is 49.7 Å². The first-order valence-electron chi connectivity index (χ1n) is 8.78. The van der Waals surface area contributed by atoms with Gasteiger partial charge in [0.05, 0.1) is 34.8 Å². The highest BCUT2D eigenvalue weighted by Gasteiger charge is 2.22. The lowest BCUT2D eigenvalue weighted by molar-refractivity contribution is 0.156. The van der Waals surface area contributed by atoms with Crippen LogP contribution in [0, 0.1) is 11.3 Å². The van der Waals surface area contributed by atoms with Gasteiger partial charge in [0.2, 0.25) is 0 Å². The van der Waals surface area contributed by atoms with Crippen molar-refractivity contribution in [3.63, 3.8) is 0 Å². The molecule has 0 fully saturated rings. The number of para-hydroxylation sites is 2. The van der Waals surface area contributed by atoms with Gasteiger partial charge in [0.25, 0.3) is 0 Å². The summed E-state index contributed by atoms with van der Waals surface area (Å²) in [5.74, 6) is 0. The van der Waals surface area contributed by atoms with Crippen molar-refractivity contribution in [2.45, 2.75) is 6.92 Å². The number of nitriles is 1. The van der Waals surface area contributed by atoms with Gasteiger partial charge in [0, 0.05) is 27.1 Å². The van der Waals surface area contributed by atoms with Gasteiger partial charge in [-0.2, -0.15) is 5.26 Å². The lowest BCUT2D eigenvalue weighted by Crippen LogP contribution is -2.13. The number of hydrogen-bond acceptors (Lipinski definition) is 3. The summed E-state index contributed by atoms with van der Waals surface area (Å²) in [4.78, 5) is 16.2. The molecule has 0 radical (unpaired) electrons. The van der Waals surface area contributed by atoms with Gasteiger partial charge in [-0.25, -0.2) is 9.36 Å². The predicted octanol–water partition coefficient (Wildman–Crippen LogP) is 5.31. The maximum absolute atomic E-state index is 12.8. The zero-order valence-corrected chi connectivity index (χ0v) is 14.6. The van der Waals surface area contributed by atoms with Crippen LogP contribution in [0.5, 0.6) is 0 Å². The average Bonchev–Trinajstić information content (AvgIpc) is 3.23. The Balaban J connectivity index is 2.10. The summed E-state index contributed by atoms with van der Waals surface area (Å²) in [7, 11) is 0. The minimum Gasteiger partial charge on any atom is -0.449 e. The van der Waals surface area contributed by atoms with Crippen molar-refractivity contribution in [2.24, 2.45) is 0 Å². The molecule has 1 N–H and O–H groups in total. The molecular formula is C22H15N3O2. The SMILES string of the molecule is CCOC(=O)n1c2ccccc2c2cc(C#N)c3c4ccccc4[nH]c3c21. The molecular weight excluding hydrogens is 338 g/mol. The topological polar surface area (TPSA) is 70.8 Å². The molecule has 0 aliphatic rings. The van der Waals surface area contributed by atoms with E-state index in [4.69, 9.17) is 4.74 Å². The Morgan fingerprint density at radius 3 is 2.63 bits per heavy atom. The Hall–Kier alpha value is -3.78. The first kappa shape index (κ1) is 15.5. The van der Waals surface area contributed by atoms with Crippen LogP contribution in [0.3, 0.4) is 0 Å². The van der Waals surface area contributed by atoms with Crippen molar-refractivity contribution in [3.8, 4) is 6.07 Å². The molecule has 0 aliphatic carbocycles. The third-order valence-corrected chi connectivity index (χ3v) is 4.99. The minimum atomic E-state index is -0.423. The summed E-state index contributed by atoms with van der Waals surface area (Å²) >= 11 is 0. The molecule has 27 heavy (non-hydrogen) atoms. The standard InChI is InChI=1S/C22H15N3O2/c1-2-27-22(26)25-18-10-6-4-7-14(18)16-11-13(12-23)19-15-8-3-5-9-17(15)24-20(19)21(16)25/h3-11,24H,2H2,1H3. The molecule has 0 bridgehead atoms. The number of aromatic amines is 1. The van der Waals surface area contributed by atoms with Gasteiger partial charge in [-0.05, 0) is 25.1 Å². The second kappa shape index (κ2) is 5.61. The second-order valence-electron chi connectivity index (χ2n) is 6.40. The summed E-state index contributed by atoms with van der Waals surface area (Å²) in [5, 5.41) is 13.3. The minimum absolute atomic E-state index is 0.291. The van der Waals surface area contributed by atoms with E-state index in [-0.39, 0.29) is 0 Å². The largest absolute Gasteiger partial charge is 0.449 e. The van der Waals surface area contributed by atoms with E-state index in [1.807, 2.05) is 54.6 Å². The molecule has 0 saturated carbocycles. The third kappa shape index (κ3) is 2.01. The summed E-state index contributed by atoms with van der Waals surface area (Å²) in [6, 6.07) is 19.7. The normalized spacial score (nSPS) is 11.4. The number of nitrogens with zero attached hydrogens (tertiary/aromatic N) is 2. The maximum atomic E-state index is 12.8. The maximum Gasteiger partial charge on any atom is 0.419 e. The average molecular weight is 353 g/mol. The van der Waals surface area contributed by atoms with Crippen LogP contribution in [-0.2, 0) is 4.74 Å². The molecule has 0 unspecified atom stereocenters. The quantitative estimate of drug-likeness (QED) is 0.444. The molecule has 5 aromatic rings. The fourth-order valence-electron chi connectivity index (χ4n) is 3.94. The van der Waals surface area contributed by atoms with E-state index in [1.165, 1.54) is 0 Å². The number of nitrogens with one attached hydrogen (secondary N) is 1. The van der Waals surface area contributed by atoms with Crippen molar-refractivity contribution < 1.29 is 9.53 Å². The van der Waals surface area contributed by atoms with Crippen LogP contribution in [0.2, 0.25) is 0 Å². The van der Waals surface area contributed by atoms with E-state index >= 15 is 0 Å². The Labute approximate surface area is 154 Å². The number of H-pyrrole nitrogens is 1. The van der Waals surface area contributed by atoms with Gasteiger partial charge >= 0.3 is 6.09 Å². The molecule has 2 heterocycles. The van der Waals surface area contributed by atoms with Crippen molar-refractivity contribution in [1.29, 1.82) is 5.26 Å². The van der Waals surface area contributed by atoms with Crippen LogP contribution in [-0.4, -0.2) is 22.3 Å². The Morgan fingerprint density at radius 2 is 1.85 bits per heavy atom. The van der Waals surface area contributed by atoms with E-state index in [2.05, 4.69) is 11.1 Å². The van der Waals surface area contributed by atoms with Crippen LogP contribution < -0.4 is 0 Å². The molecule has 0 atom stereocenters. The molecule has 130 valence electrons. The summed E-state index contributed by atoms with van der Waals surface area (Å²) in [6.45, 7) is 2.08. The van der Waals surface area contributed by atoms with Gasteiger partial charge in [0.15, 0.2) is 0 Å². The van der Waals surface area contributed by atoms with Crippen LogP contribution in [0.1, 0.15) is 12.5 Å². The predicted molar refractivity (Wildman–Crippen MR) is 106 cm³/mol. The zero-order chi connectivity index (χ0) is 18.5. The molecule has 5 heteroatoms. The van der Waals surface area contributed by atoms with Crippen molar-refractivity contribution in [2.75, 3.05) is 6.61 Å². The Morgan fingerprint density at radius 1 is 1.11 bits per heavy atom. The summed E-state index contributed by atoms with van der Waals surface area (Å²) in [6.07, 6.45) is -0.423. The number of carbonyl (C=O) groups excluding carboxylic acids is 1. The number of hydrogen-bond donors (Lipinski definition) is 1. The smallest absolute Gasteiger partial charge is 0.419 e. The molecule has 0 amide bonds. The summed E-state index contributed by atoms with van der Waals surface area (Å²) < 4.78 is 6.93. The van der Waals surface area contributed by atoms with E-state index in [0.29, 0.717) is 12.2 Å². The molecule has 2 aromatic heterocycles. The molecule has 0 saturated heterocycles. The van der Waals surface area contributed by atoms with Gasteiger partial charge in [-0.15, -0.1) is 0 Å². The zero-order valence-electron chi connectivity index (χ0n) is 14.6. The third-order valence-electron chi connectivity index (χ3n) is 4.99. The Kier molecular flexibility index (Phi) is 3.22. The monoisotopic (exact) mass is 353 g/mol. The highest BCUT2D eigenvalue weighted by Crippen LogP contribution is 2.38. The molecule has 3 aromatic carbocycles. The van der Waals surface area contributed by atoms with Gasteiger partial charge < -0.3 is 9.72 Å². The number of fused-ring (bicyclic) bond motifs is 7. The number of rotatable bonds is 1. The van der Waals surface area contributed by atoms with Crippen molar-refractivity contribution in [1.82, 2.24) is 9.55 Å². The van der Waals surface area contributed by atoms with E-state index in [1.54, 1.807) is 11.5 Å². The fraction of sp³-hybridized carbons (Fsp3) is 0.0909. The summed E-state index contributed by atoms with van der Waals surface area (Å²) in [5.41, 5.74) is 3.79. The van der Waals surface area contributed by atoms with Crippen LogP contribution in [0.4, 0.5) is 4.79 Å². The van der Waals surface area contributed by atoms with Gasteiger partial charge in [-0.1, -0.05) is 36.4 Å². The van der Waals surface area contributed by atoms with Crippen LogP contribution in [0.25, 0.3) is 43.6 Å². The fourth-order valence-corrected chi connectivity index (χ4v) is 3.94. The molecule has 0 spiro atoms. The molecule has 0 aliphatic heterocycles.